The number of rotatable bonds is 4. The Morgan fingerprint density at radius 3 is 2.31 bits per heavy atom. The zero-order valence-electron chi connectivity index (χ0n) is 10.5. The van der Waals surface area contributed by atoms with Crippen molar-refractivity contribution in [3.05, 3.63) is 22.8 Å². The Hall–Kier alpha value is -1.51. The van der Waals surface area contributed by atoms with Crippen LogP contribution in [-0.2, 0) is 11.2 Å². The van der Waals surface area contributed by atoms with Crippen molar-refractivity contribution in [2.45, 2.75) is 27.2 Å². The van der Waals surface area contributed by atoms with Crippen molar-refractivity contribution in [1.82, 2.24) is 0 Å². The maximum absolute atomic E-state index is 11.2. The number of carbonyl (C=O) groups excluding carboxylic acids is 1. The van der Waals surface area contributed by atoms with E-state index in [-0.39, 0.29) is 5.78 Å². The molecule has 0 fully saturated rings. The van der Waals surface area contributed by atoms with Gasteiger partial charge in [-0.3, -0.25) is 4.79 Å². The standard InChI is InChI=1S/C13H18O3/c1-8-6-12(15-4)10(3)13(16-5)11(8)7-9(2)14/h6H,7H2,1-5H3. The van der Waals surface area contributed by atoms with Crippen molar-refractivity contribution in [2.24, 2.45) is 0 Å². The highest BCUT2D eigenvalue weighted by Gasteiger charge is 2.15. The Morgan fingerprint density at radius 1 is 1.25 bits per heavy atom. The van der Waals surface area contributed by atoms with Gasteiger partial charge in [0.2, 0.25) is 0 Å². The first-order valence-corrected chi connectivity index (χ1v) is 5.21. The number of carbonyl (C=O) groups is 1. The third kappa shape index (κ3) is 2.35. The molecule has 0 N–H and O–H groups in total. The van der Waals surface area contributed by atoms with Gasteiger partial charge in [-0.2, -0.15) is 0 Å². The fourth-order valence-corrected chi connectivity index (χ4v) is 1.87. The number of ketones is 1. The summed E-state index contributed by atoms with van der Waals surface area (Å²) in [4.78, 5) is 11.2. The van der Waals surface area contributed by atoms with E-state index in [4.69, 9.17) is 9.47 Å². The Labute approximate surface area is 96.4 Å². The van der Waals surface area contributed by atoms with Crippen LogP contribution in [0.1, 0.15) is 23.6 Å². The molecule has 0 amide bonds. The minimum Gasteiger partial charge on any atom is -0.496 e. The Kier molecular flexibility index (Phi) is 3.93. The van der Waals surface area contributed by atoms with Crippen LogP contribution in [0.15, 0.2) is 6.07 Å². The zero-order valence-corrected chi connectivity index (χ0v) is 10.5. The summed E-state index contributed by atoms with van der Waals surface area (Å²) in [7, 11) is 3.25. The molecule has 0 saturated carbocycles. The molecule has 0 saturated heterocycles. The van der Waals surface area contributed by atoms with Crippen molar-refractivity contribution in [3.63, 3.8) is 0 Å². The van der Waals surface area contributed by atoms with E-state index in [0.29, 0.717) is 6.42 Å². The van der Waals surface area contributed by atoms with Crippen molar-refractivity contribution >= 4 is 5.78 Å². The van der Waals surface area contributed by atoms with Gasteiger partial charge in [-0.15, -0.1) is 0 Å². The molecule has 0 aliphatic rings. The quantitative estimate of drug-likeness (QED) is 0.785. The van der Waals surface area contributed by atoms with E-state index in [1.165, 1.54) is 0 Å². The van der Waals surface area contributed by atoms with E-state index in [1.807, 2.05) is 19.9 Å². The number of aryl methyl sites for hydroxylation is 1. The molecule has 1 rings (SSSR count). The lowest BCUT2D eigenvalue weighted by atomic mass is 9.98. The van der Waals surface area contributed by atoms with Gasteiger partial charge in [0.05, 0.1) is 14.2 Å². The maximum atomic E-state index is 11.2. The summed E-state index contributed by atoms with van der Waals surface area (Å²) in [6.07, 6.45) is 0.403. The number of hydrogen-bond donors (Lipinski definition) is 0. The van der Waals surface area contributed by atoms with E-state index in [0.717, 1.165) is 28.2 Å². The lowest BCUT2D eigenvalue weighted by Crippen LogP contribution is -2.04. The fourth-order valence-electron chi connectivity index (χ4n) is 1.87. The summed E-state index contributed by atoms with van der Waals surface area (Å²) in [5, 5.41) is 0. The molecule has 0 spiro atoms. The van der Waals surface area contributed by atoms with Gasteiger partial charge in [-0.1, -0.05) is 0 Å². The lowest BCUT2D eigenvalue weighted by Gasteiger charge is -2.16. The minimum absolute atomic E-state index is 0.131. The van der Waals surface area contributed by atoms with Gasteiger partial charge in [0.1, 0.15) is 17.3 Å². The monoisotopic (exact) mass is 222 g/mol. The lowest BCUT2D eigenvalue weighted by molar-refractivity contribution is -0.116. The van der Waals surface area contributed by atoms with Gasteiger partial charge in [0.25, 0.3) is 0 Å². The summed E-state index contributed by atoms with van der Waals surface area (Å²) in [6, 6.07) is 1.94. The summed E-state index contributed by atoms with van der Waals surface area (Å²) in [5.74, 6) is 1.68. The predicted octanol–water partition coefficient (Wildman–Crippen LogP) is 2.45. The number of hydrogen-bond acceptors (Lipinski definition) is 3. The van der Waals surface area contributed by atoms with Crippen LogP contribution in [0.3, 0.4) is 0 Å². The van der Waals surface area contributed by atoms with Crippen LogP contribution in [0.25, 0.3) is 0 Å². The van der Waals surface area contributed by atoms with Crippen LogP contribution in [-0.4, -0.2) is 20.0 Å². The molecule has 1 aromatic carbocycles. The first-order valence-electron chi connectivity index (χ1n) is 5.21. The number of methoxy groups -OCH3 is 2. The highest BCUT2D eigenvalue weighted by atomic mass is 16.5. The summed E-state index contributed by atoms with van der Waals surface area (Å²) >= 11 is 0. The number of Topliss-reactive ketones (excluding diaryl/α,β-unsaturated/α-hetero) is 1. The maximum Gasteiger partial charge on any atom is 0.134 e. The smallest absolute Gasteiger partial charge is 0.134 e. The number of ether oxygens (including phenoxy) is 2. The Balaban J connectivity index is 3.36. The molecule has 0 heterocycles. The van der Waals surface area contributed by atoms with Crippen LogP contribution in [0, 0.1) is 13.8 Å². The summed E-state index contributed by atoms with van der Waals surface area (Å²) < 4.78 is 10.6. The van der Waals surface area contributed by atoms with Crippen molar-refractivity contribution in [3.8, 4) is 11.5 Å². The molecule has 0 aliphatic heterocycles. The molecule has 3 heteroatoms. The molecular formula is C13H18O3. The second kappa shape index (κ2) is 5.01. The molecule has 0 bridgehead atoms. The van der Waals surface area contributed by atoms with Crippen molar-refractivity contribution in [2.75, 3.05) is 14.2 Å². The van der Waals surface area contributed by atoms with E-state index in [2.05, 4.69) is 0 Å². The summed E-state index contributed by atoms with van der Waals surface area (Å²) in [5.41, 5.74) is 2.91. The molecular weight excluding hydrogens is 204 g/mol. The van der Waals surface area contributed by atoms with Gasteiger partial charge in [0.15, 0.2) is 0 Å². The van der Waals surface area contributed by atoms with Crippen molar-refractivity contribution in [1.29, 1.82) is 0 Å². The molecule has 88 valence electrons. The van der Waals surface area contributed by atoms with Gasteiger partial charge < -0.3 is 9.47 Å². The van der Waals surface area contributed by atoms with E-state index < -0.39 is 0 Å². The molecule has 0 unspecified atom stereocenters. The molecule has 0 atom stereocenters. The van der Waals surface area contributed by atoms with Crippen LogP contribution in [0.4, 0.5) is 0 Å². The van der Waals surface area contributed by atoms with Crippen LogP contribution in [0.5, 0.6) is 11.5 Å². The van der Waals surface area contributed by atoms with Gasteiger partial charge in [0, 0.05) is 17.5 Å². The normalized spacial score (nSPS) is 10.1. The average Bonchev–Trinajstić information content (AvgIpc) is 2.23. The Morgan fingerprint density at radius 2 is 1.88 bits per heavy atom. The van der Waals surface area contributed by atoms with E-state index in [9.17, 15) is 4.79 Å². The van der Waals surface area contributed by atoms with Crippen molar-refractivity contribution < 1.29 is 14.3 Å². The molecule has 3 nitrogen and oxygen atoms in total. The Bertz CT molecular complexity index is 408. The fraction of sp³-hybridized carbons (Fsp3) is 0.462. The predicted molar refractivity (Wildman–Crippen MR) is 63.4 cm³/mol. The second-order valence-electron chi connectivity index (χ2n) is 3.91. The second-order valence-corrected chi connectivity index (χ2v) is 3.91. The van der Waals surface area contributed by atoms with Crippen LogP contribution >= 0.6 is 0 Å². The first-order chi connectivity index (χ1) is 7.51. The van der Waals surface area contributed by atoms with Gasteiger partial charge >= 0.3 is 0 Å². The summed E-state index contributed by atoms with van der Waals surface area (Å²) in [6.45, 7) is 5.47. The minimum atomic E-state index is 0.131. The third-order valence-electron chi connectivity index (χ3n) is 2.66. The van der Waals surface area contributed by atoms with E-state index >= 15 is 0 Å². The molecule has 1 aromatic rings. The molecule has 0 aliphatic carbocycles. The largest absolute Gasteiger partial charge is 0.496 e. The average molecular weight is 222 g/mol. The highest BCUT2D eigenvalue weighted by molar-refractivity contribution is 5.80. The van der Waals surface area contributed by atoms with E-state index in [1.54, 1.807) is 21.1 Å². The number of benzene rings is 1. The van der Waals surface area contributed by atoms with Crippen LogP contribution < -0.4 is 9.47 Å². The van der Waals surface area contributed by atoms with Gasteiger partial charge in [-0.05, 0) is 32.4 Å². The van der Waals surface area contributed by atoms with Gasteiger partial charge in [-0.25, -0.2) is 0 Å². The molecule has 0 aromatic heterocycles. The SMILES string of the molecule is COc1cc(C)c(CC(C)=O)c(OC)c1C. The third-order valence-corrected chi connectivity index (χ3v) is 2.66. The zero-order chi connectivity index (χ0) is 12.3. The topological polar surface area (TPSA) is 35.5 Å². The first kappa shape index (κ1) is 12.6. The molecule has 0 radical (unpaired) electrons. The van der Waals surface area contributed by atoms with Crippen LogP contribution in [0.2, 0.25) is 0 Å². The molecule has 16 heavy (non-hydrogen) atoms. The highest BCUT2D eigenvalue weighted by Crippen LogP contribution is 2.34.